The maximum Gasteiger partial charge on any atom is 0.305 e. The quantitative estimate of drug-likeness (QED) is 0.749. The molecule has 0 aliphatic rings. The molecule has 1 atom stereocenters. The fourth-order valence-electron chi connectivity index (χ4n) is 1.82. The third-order valence-electron chi connectivity index (χ3n) is 3.07. The molecule has 1 heterocycles. The molecule has 1 unspecified atom stereocenters. The van der Waals surface area contributed by atoms with Gasteiger partial charge in [0.2, 0.25) is 0 Å². The number of hydrogen-bond donors (Lipinski definition) is 2. The van der Waals surface area contributed by atoms with Crippen LogP contribution in [-0.4, -0.2) is 17.6 Å². The Labute approximate surface area is 107 Å². The second-order valence-electron chi connectivity index (χ2n) is 4.26. The van der Waals surface area contributed by atoms with Crippen molar-refractivity contribution in [1.29, 1.82) is 0 Å². The second-order valence-corrected chi connectivity index (χ2v) is 5.24. The summed E-state index contributed by atoms with van der Waals surface area (Å²) in [5.74, 6) is -0.119. The van der Waals surface area contributed by atoms with E-state index in [1.807, 2.05) is 17.5 Å². The summed E-state index contributed by atoms with van der Waals surface area (Å²) in [5, 5.41) is 14.3. The van der Waals surface area contributed by atoms with Gasteiger partial charge >= 0.3 is 5.97 Å². The Kier molecular flexibility index (Phi) is 6.22. The lowest BCUT2D eigenvalue weighted by atomic mass is 10.0. The van der Waals surface area contributed by atoms with Gasteiger partial charge in [-0.05, 0) is 23.9 Å². The van der Waals surface area contributed by atoms with Crippen molar-refractivity contribution in [1.82, 2.24) is 5.32 Å². The molecule has 0 radical (unpaired) electrons. The number of rotatable bonds is 8. The summed E-state index contributed by atoms with van der Waals surface area (Å²) >= 11 is 1.61. The molecule has 0 aliphatic heterocycles. The van der Waals surface area contributed by atoms with Gasteiger partial charge in [-0.1, -0.05) is 32.8 Å². The zero-order valence-electron chi connectivity index (χ0n) is 10.5. The normalized spacial score (nSPS) is 12.9. The van der Waals surface area contributed by atoms with Crippen LogP contribution >= 0.6 is 11.3 Å². The summed E-state index contributed by atoms with van der Waals surface area (Å²) in [4.78, 5) is 12.0. The summed E-state index contributed by atoms with van der Waals surface area (Å²) < 4.78 is 0. The van der Waals surface area contributed by atoms with Crippen molar-refractivity contribution >= 4 is 17.3 Å². The van der Waals surface area contributed by atoms with Gasteiger partial charge in [-0.15, -0.1) is 11.3 Å². The fourth-order valence-corrected chi connectivity index (χ4v) is 2.63. The monoisotopic (exact) mass is 255 g/mol. The van der Waals surface area contributed by atoms with Gasteiger partial charge in [0.15, 0.2) is 0 Å². The van der Waals surface area contributed by atoms with Crippen molar-refractivity contribution in [3.63, 3.8) is 0 Å². The van der Waals surface area contributed by atoms with Crippen LogP contribution in [0.25, 0.3) is 0 Å². The number of carboxylic acid groups (broad SMARTS) is 1. The van der Waals surface area contributed by atoms with E-state index in [1.54, 1.807) is 11.3 Å². The predicted molar refractivity (Wildman–Crippen MR) is 71.4 cm³/mol. The summed E-state index contributed by atoms with van der Waals surface area (Å²) in [6.45, 7) is 5.24. The maximum atomic E-state index is 10.9. The smallest absolute Gasteiger partial charge is 0.305 e. The lowest BCUT2D eigenvalue weighted by Gasteiger charge is -2.19. The van der Waals surface area contributed by atoms with E-state index in [-0.39, 0.29) is 12.5 Å². The molecule has 1 aromatic heterocycles. The van der Waals surface area contributed by atoms with Gasteiger partial charge in [0.05, 0.1) is 12.5 Å². The molecule has 1 aromatic rings. The third-order valence-corrected chi connectivity index (χ3v) is 4.06. The van der Waals surface area contributed by atoms with Crippen molar-refractivity contribution in [2.24, 2.45) is 5.92 Å². The molecule has 0 aliphatic carbocycles. The number of hydrogen-bond acceptors (Lipinski definition) is 3. The predicted octanol–water partition coefficient (Wildman–Crippen LogP) is 3.29. The number of nitrogens with one attached hydrogen (secondary N) is 1. The van der Waals surface area contributed by atoms with Crippen LogP contribution in [0, 0.1) is 5.92 Å². The van der Waals surface area contributed by atoms with Crippen LogP contribution in [0.5, 0.6) is 0 Å². The lowest BCUT2D eigenvalue weighted by molar-refractivity contribution is -0.137. The molecular formula is C13H21NO2S. The largest absolute Gasteiger partial charge is 0.481 e. The topological polar surface area (TPSA) is 49.3 Å². The minimum Gasteiger partial charge on any atom is -0.481 e. The summed E-state index contributed by atoms with van der Waals surface area (Å²) in [7, 11) is 0. The first kappa shape index (κ1) is 14.2. The molecule has 0 bridgehead atoms. The van der Waals surface area contributed by atoms with Crippen molar-refractivity contribution in [2.45, 2.75) is 39.2 Å². The molecular weight excluding hydrogens is 234 g/mol. The lowest BCUT2D eigenvalue weighted by Crippen LogP contribution is -2.28. The zero-order chi connectivity index (χ0) is 12.7. The minimum atomic E-state index is -0.750. The Morgan fingerprint density at radius 3 is 2.65 bits per heavy atom. The molecule has 0 amide bonds. The fraction of sp³-hybridized carbons (Fsp3) is 0.615. The minimum absolute atomic E-state index is 0.0481. The van der Waals surface area contributed by atoms with E-state index in [9.17, 15) is 4.79 Å². The summed E-state index contributed by atoms with van der Waals surface area (Å²) in [6.07, 6.45) is 2.42. The Morgan fingerprint density at radius 1 is 1.47 bits per heavy atom. The standard InChI is InChI=1S/C13H21NO2S/c1-3-10(4-2)9-14-11(8-13(15)16)12-6-5-7-17-12/h5-7,10-11,14H,3-4,8-9H2,1-2H3,(H,15,16). The van der Waals surface area contributed by atoms with Gasteiger partial charge < -0.3 is 10.4 Å². The van der Waals surface area contributed by atoms with Gasteiger partial charge in [-0.2, -0.15) is 0 Å². The Hall–Kier alpha value is -0.870. The summed E-state index contributed by atoms with van der Waals surface area (Å²) in [6, 6.07) is 3.92. The van der Waals surface area contributed by atoms with Gasteiger partial charge in [0, 0.05) is 4.88 Å². The SMILES string of the molecule is CCC(CC)CNC(CC(=O)O)c1cccs1. The van der Waals surface area contributed by atoms with E-state index < -0.39 is 5.97 Å². The zero-order valence-corrected chi connectivity index (χ0v) is 11.3. The van der Waals surface area contributed by atoms with Crippen LogP contribution in [0.15, 0.2) is 17.5 Å². The van der Waals surface area contributed by atoms with E-state index in [0.717, 1.165) is 24.3 Å². The highest BCUT2D eigenvalue weighted by Crippen LogP contribution is 2.22. The molecule has 1 rings (SSSR count). The number of thiophene rings is 1. The molecule has 17 heavy (non-hydrogen) atoms. The highest BCUT2D eigenvalue weighted by molar-refractivity contribution is 7.10. The molecule has 4 heteroatoms. The molecule has 0 spiro atoms. The average Bonchev–Trinajstić information content (AvgIpc) is 2.81. The van der Waals surface area contributed by atoms with E-state index in [0.29, 0.717) is 5.92 Å². The van der Waals surface area contributed by atoms with Crippen LogP contribution in [0.1, 0.15) is 44.0 Å². The maximum absolute atomic E-state index is 10.9. The van der Waals surface area contributed by atoms with Crippen LogP contribution in [0.3, 0.4) is 0 Å². The van der Waals surface area contributed by atoms with Gasteiger partial charge in [0.1, 0.15) is 0 Å². The van der Waals surface area contributed by atoms with E-state index in [2.05, 4.69) is 19.2 Å². The van der Waals surface area contributed by atoms with Gasteiger partial charge in [-0.3, -0.25) is 4.79 Å². The van der Waals surface area contributed by atoms with Crippen molar-refractivity contribution in [3.8, 4) is 0 Å². The first-order chi connectivity index (χ1) is 8.17. The van der Waals surface area contributed by atoms with E-state index in [4.69, 9.17) is 5.11 Å². The highest BCUT2D eigenvalue weighted by Gasteiger charge is 2.17. The molecule has 0 saturated heterocycles. The molecule has 0 saturated carbocycles. The molecule has 2 N–H and O–H groups in total. The highest BCUT2D eigenvalue weighted by atomic mass is 32.1. The third kappa shape index (κ3) is 4.88. The number of aliphatic carboxylic acids is 1. The molecule has 3 nitrogen and oxygen atoms in total. The first-order valence-corrected chi connectivity index (χ1v) is 7.03. The van der Waals surface area contributed by atoms with Crippen LogP contribution < -0.4 is 5.32 Å². The van der Waals surface area contributed by atoms with Crippen LogP contribution in [0.4, 0.5) is 0 Å². The van der Waals surface area contributed by atoms with E-state index >= 15 is 0 Å². The molecule has 96 valence electrons. The average molecular weight is 255 g/mol. The molecule has 0 fully saturated rings. The van der Waals surface area contributed by atoms with Crippen molar-refractivity contribution in [3.05, 3.63) is 22.4 Å². The van der Waals surface area contributed by atoms with Crippen molar-refractivity contribution in [2.75, 3.05) is 6.54 Å². The number of carbonyl (C=O) groups is 1. The Morgan fingerprint density at radius 2 is 2.18 bits per heavy atom. The van der Waals surface area contributed by atoms with Gasteiger partial charge in [-0.25, -0.2) is 0 Å². The van der Waals surface area contributed by atoms with Crippen molar-refractivity contribution < 1.29 is 9.90 Å². The van der Waals surface area contributed by atoms with Gasteiger partial charge in [0.25, 0.3) is 0 Å². The van der Waals surface area contributed by atoms with Crippen LogP contribution in [-0.2, 0) is 4.79 Å². The first-order valence-electron chi connectivity index (χ1n) is 6.15. The summed E-state index contributed by atoms with van der Waals surface area (Å²) in [5.41, 5.74) is 0. The van der Waals surface area contributed by atoms with Crippen LogP contribution in [0.2, 0.25) is 0 Å². The Balaban J connectivity index is 2.55. The van der Waals surface area contributed by atoms with E-state index in [1.165, 1.54) is 0 Å². The number of carboxylic acids is 1. The Bertz CT molecular complexity index is 320. The molecule has 0 aromatic carbocycles. The second kappa shape index (κ2) is 7.45.